The summed E-state index contributed by atoms with van der Waals surface area (Å²) in [7, 11) is 0. The van der Waals surface area contributed by atoms with Crippen molar-refractivity contribution in [3.05, 3.63) is 24.3 Å². The van der Waals surface area contributed by atoms with Crippen molar-refractivity contribution in [1.29, 1.82) is 0 Å². The topological polar surface area (TPSA) is 87.2 Å². The summed E-state index contributed by atoms with van der Waals surface area (Å²) in [6.45, 7) is 4.70. The van der Waals surface area contributed by atoms with Crippen molar-refractivity contribution in [3.63, 3.8) is 0 Å². The summed E-state index contributed by atoms with van der Waals surface area (Å²) in [4.78, 5) is 38.8. The van der Waals surface area contributed by atoms with E-state index in [0.29, 0.717) is 17.9 Å². The van der Waals surface area contributed by atoms with E-state index in [9.17, 15) is 14.4 Å². The van der Waals surface area contributed by atoms with Crippen LogP contribution in [0.1, 0.15) is 27.2 Å². The van der Waals surface area contributed by atoms with E-state index >= 15 is 0 Å². The Hall–Kier alpha value is -2.57. The van der Waals surface area contributed by atoms with E-state index < -0.39 is 18.0 Å². The standard InChI is InChI=1S/C17H22N2O5/c1-4-11(2)18(10-16(21)22)15(20)9-19-13-7-5-6-8-14(13)24-12(3)17(19)23/h5-8,11-12H,4,9-10H2,1-3H3,(H,21,22). The van der Waals surface area contributed by atoms with Crippen LogP contribution in [0.4, 0.5) is 5.69 Å². The van der Waals surface area contributed by atoms with Crippen molar-refractivity contribution in [2.75, 3.05) is 18.0 Å². The first kappa shape index (κ1) is 17.8. The molecule has 24 heavy (non-hydrogen) atoms. The van der Waals surface area contributed by atoms with Gasteiger partial charge in [-0.05, 0) is 32.4 Å². The molecule has 1 N–H and O–H groups in total. The first-order valence-electron chi connectivity index (χ1n) is 7.93. The molecular formula is C17H22N2O5. The molecule has 7 nitrogen and oxygen atoms in total. The molecule has 0 bridgehead atoms. The second-order valence-electron chi connectivity index (χ2n) is 5.82. The first-order chi connectivity index (χ1) is 11.3. The molecule has 1 aromatic carbocycles. The fraction of sp³-hybridized carbons (Fsp3) is 0.471. The fourth-order valence-electron chi connectivity index (χ4n) is 2.60. The Morgan fingerprint density at radius 1 is 1.38 bits per heavy atom. The summed E-state index contributed by atoms with van der Waals surface area (Å²) >= 11 is 0. The van der Waals surface area contributed by atoms with E-state index in [0.717, 1.165) is 0 Å². The zero-order valence-corrected chi connectivity index (χ0v) is 14.1. The van der Waals surface area contributed by atoms with Gasteiger partial charge in [0, 0.05) is 6.04 Å². The number of carbonyl (C=O) groups excluding carboxylic acids is 2. The zero-order chi connectivity index (χ0) is 17.9. The van der Waals surface area contributed by atoms with Gasteiger partial charge < -0.3 is 14.7 Å². The van der Waals surface area contributed by atoms with E-state index in [2.05, 4.69) is 0 Å². The van der Waals surface area contributed by atoms with Crippen LogP contribution in [0.15, 0.2) is 24.3 Å². The Morgan fingerprint density at radius 2 is 2.04 bits per heavy atom. The summed E-state index contributed by atoms with van der Waals surface area (Å²) < 4.78 is 5.54. The van der Waals surface area contributed by atoms with Crippen LogP contribution >= 0.6 is 0 Å². The Bertz CT molecular complexity index is 646. The molecule has 1 aliphatic rings. The molecule has 0 spiro atoms. The van der Waals surface area contributed by atoms with Crippen LogP contribution in [0.2, 0.25) is 0 Å². The van der Waals surface area contributed by atoms with Gasteiger partial charge in [-0.3, -0.25) is 19.3 Å². The highest BCUT2D eigenvalue weighted by molar-refractivity contribution is 6.03. The molecule has 2 rings (SSSR count). The number of amides is 2. The normalized spacial score (nSPS) is 17.7. The molecule has 130 valence electrons. The van der Waals surface area contributed by atoms with E-state index in [1.165, 1.54) is 9.80 Å². The highest BCUT2D eigenvalue weighted by Crippen LogP contribution is 2.33. The van der Waals surface area contributed by atoms with Crippen molar-refractivity contribution in [2.45, 2.75) is 39.3 Å². The average molecular weight is 334 g/mol. The number of aliphatic carboxylic acids is 1. The highest BCUT2D eigenvalue weighted by atomic mass is 16.5. The van der Waals surface area contributed by atoms with Crippen LogP contribution in [-0.4, -0.2) is 53.0 Å². The van der Waals surface area contributed by atoms with Gasteiger partial charge in [-0.15, -0.1) is 0 Å². The second kappa shape index (κ2) is 7.33. The van der Waals surface area contributed by atoms with Gasteiger partial charge in [0.05, 0.1) is 5.69 Å². The molecule has 1 aromatic rings. The molecule has 0 saturated heterocycles. The molecular weight excluding hydrogens is 312 g/mol. The number of benzene rings is 1. The SMILES string of the molecule is CCC(C)N(CC(=O)O)C(=O)CN1C(=O)C(C)Oc2ccccc21. The van der Waals surface area contributed by atoms with Gasteiger partial charge in [0.25, 0.3) is 5.91 Å². The molecule has 0 aromatic heterocycles. The molecule has 2 amide bonds. The van der Waals surface area contributed by atoms with E-state index in [4.69, 9.17) is 9.84 Å². The molecule has 0 aliphatic carbocycles. The Balaban J connectivity index is 2.25. The monoisotopic (exact) mass is 334 g/mol. The van der Waals surface area contributed by atoms with Gasteiger partial charge in [-0.25, -0.2) is 0 Å². The first-order valence-corrected chi connectivity index (χ1v) is 7.93. The maximum Gasteiger partial charge on any atom is 0.323 e. The number of rotatable bonds is 6. The number of hydrogen-bond acceptors (Lipinski definition) is 4. The number of carboxylic acid groups (broad SMARTS) is 1. The number of carboxylic acids is 1. The molecule has 0 fully saturated rings. The van der Waals surface area contributed by atoms with Crippen molar-refractivity contribution < 1.29 is 24.2 Å². The Morgan fingerprint density at radius 3 is 2.67 bits per heavy atom. The lowest BCUT2D eigenvalue weighted by molar-refractivity contribution is -0.145. The summed E-state index contributed by atoms with van der Waals surface area (Å²) in [6, 6.07) is 6.76. The molecule has 2 unspecified atom stereocenters. The van der Waals surface area contributed by atoms with Crippen LogP contribution in [0.25, 0.3) is 0 Å². The highest BCUT2D eigenvalue weighted by Gasteiger charge is 2.34. The number of fused-ring (bicyclic) bond motifs is 1. The lowest BCUT2D eigenvalue weighted by Gasteiger charge is -2.35. The minimum Gasteiger partial charge on any atom is -0.480 e. The van der Waals surface area contributed by atoms with Gasteiger partial charge in [-0.2, -0.15) is 0 Å². The molecule has 1 aliphatic heterocycles. The number of para-hydroxylation sites is 2. The summed E-state index contributed by atoms with van der Waals surface area (Å²) in [5.41, 5.74) is 0.522. The van der Waals surface area contributed by atoms with Gasteiger partial charge in [0.2, 0.25) is 5.91 Å². The molecule has 2 atom stereocenters. The van der Waals surface area contributed by atoms with Gasteiger partial charge >= 0.3 is 5.97 Å². The largest absolute Gasteiger partial charge is 0.480 e. The number of ether oxygens (including phenoxy) is 1. The van der Waals surface area contributed by atoms with Crippen molar-refractivity contribution in [2.24, 2.45) is 0 Å². The molecule has 0 saturated carbocycles. The maximum absolute atomic E-state index is 12.6. The van der Waals surface area contributed by atoms with Crippen LogP contribution < -0.4 is 9.64 Å². The van der Waals surface area contributed by atoms with Crippen molar-refractivity contribution in [3.8, 4) is 5.75 Å². The summed E-state index contributed by atoms with van der Waals surface area (Å²) in [5.74, 6) is -1.26. The van der Waals surface area contributed by atoms with E-state index in [-0.39, 0.29) is 25.0 Å². The Labute approximate surface area is 140 Å². The second-order valence-corrected chi connectivity index (χ2v) is 5.82. The predicted molar refractivity (Wildman–Crippen MR) is 88.0 cm³/mol. The van der Waals surface area contributed by atoms with Crippen LogP contribution in [-0.2, 0) is 14.4 Å². The lowest BCUT2D eigenvalue weighted by atomic mass is 10.1. The van der Waals surface area contributed by atoms with Crippen molar-refractivity contribution >= 4 is 23.5 Å². The quantitative estimate of drug-likeness (QED) is 0.852. The Kier molecular flexibility index (Phi) is 5.43. The zero-order valence-electron chi connectivity index (χ0n) is 14.1. The minimum absolute atomic E-state index is 0.207. The lowest BCUT2D eigenvalue weighted by Crippen LogP contribution is -2.52. The number of nitrogens with zero attached hydrogens (tertiary/aromatic N) is 2. The van der Waals surface area contributed by atoms with E-state index in [1.807, 2.05) is 6.92 Å². The van der Waals surface area contributed by atoms with Crippen molar-refractivity contribution in [1.82, 2.24) is 4.90 Å². The molecule has 0 radical (unpaired) electrons. The summed E-state index contributed by atoms with van der Waals surface area (Å²) in [6.07, 6.45) is -0.0625. The third-order valence-corrected chi connectivity index (χ3v) is 4.12. The smallest absolute Gasteiger partial charge is 0.323 e. The predicted octanol–water partition coefficient (Wildman–Crippen LogP) is 1.51. The fourth-order valence-corrected chi connectivity index (χ4v) is 2.60. The number of carbonyl (C=O) groups is 3. The van der Waals surface area contributed by atoms with Crippen LogP contribution in [0, 0.1) is 0 Å². The maximum atomic E-state index is 12.6. The average Bonchev–Trinajstić information content (AvgIpc) is 2.55. The third-order valence-electron chi connectivity index (χ3n) is 4.12. The van der Waals surface area contributed by atoms with Crippen LogP contribution in [0.3, 0.4) is 0 Å². The van der Waals surface area contributed by atoms with E-state index in [1.54, 1.807) is 38.1 Å². The molecule has 1 heterocycles. The van der Waals surface area contributed by atoms with Gasteiger partial charge in [0.15, 0.2) is 6.10 Å². The summed E-state index contributed by atoms with van der Waals surface area (Å²) in [5, 5.41) is 9.04. The van der Waals surface area contributed by atoms with Crippen LogP contribution in [0.5, 0.6) is 5.75 Å². The number of anilines is 1. The van der Waals surface area contributed by atoms with Gasteiger partial charge in [0.1, 0.15) is 18.8 Å². The minimum atomic E-state index is -1.08. The third kappa shape index (κ3) is 3.67. The van der Waals surface area contributed by atoms with Gasteiger partial charge in [-0.1, -0.05) is 19.1 Å². The number of hydrogen-bond donors (Lipinski definition) is 1. The molecule has 7 heteroatoms.